The average molecular weight is 351 g/mol. The van der Waals surface area contributed by atoms with Gasteiger partial charge in [0.2, 0.25) is 10.0 Å². The Balaban J connectivity index is 0.00000441. The molecule has 1 aromatic rings. The Kier molecular flexibility index (Phi) is 9.00. The Morgan fingerprint density at radius 2 is 1.86 bits per heavy atom. The van der Waals surface area contributed by atoms with Gasteiger partial charge in [-0.05, 0) is 42.6 Å². The van der Waals surface area contributed by atoms with Crippen molar-refractivity contribution in [3.05, 3.63) is 23.3 Å². The number of aryl methyl sites for hydroxylation is 1. The number of nitrogens with one attached hydrogen (secondary N) is 2. The molecule has 0 fully saturated rings. The first-order valence-corrected chi connectivity index (χ1v) is 8.70. The van der Waals surface area contributed by atoms with Crippen LogP contribution in [0.15, 0.2) is 17.0 Å². The third-order valence-corrected chi connectivity index (χ3v) is 4.89. The van der Waals surface area contributed by atoms with E-state index < -0.39 is 10.0 Å². The molecule has 0 radical (unpaired) electrons. The molecule has 7 heteroatoms. The minimum absolute atomic E-state index is 0. The number of methoxy groups -OCH3 is 1. The van der Waals surface area contributed by atoms with Crippen molar-refractivity contribution in [1.82, 2.24) is 10.0 Å². The highest BCUT2D eigenvalue weighted by molar-refractivity contribution is 7.89. The predicted octanol–water partition coefficient (Wildman–Crippen LogP) is 2.44. The van der Waals surface area contributed by atoms with Gasteiger partial charge < -0.3 is 10.1 Å². The molecule has 0 atom stereocenters. The lowest BCUT2D eigenvalue weighted by molar-refractivity contribution is 0.406. The van der Waals surface area contributed by atoms with E-state index in [1.165, 1.54) is 0 Å². The van der Waals surface area contributed by atoms with Crippen molar-refractivity contribution in [1.29, 1.82) is 0 Å². The third kappa shape index (κ3) is 5.43. The van der Waals surface area contributed by atoms with E-state index in [-0.39, 0.29) is 18.3 Å². The highest BCUT2D eigenvalue weighted by Gasteiger charge is 2.20. The minimum Gasteiger partial charge on any atom is -0.496 e. The number of rotatable bonds is 8. The van der Waals surface area contributed by atoms with Crippen molar-refractivity contribution in [2.75, 3.05) is 26.7 Å². The summed E-state index contributed by atoms with van der Waals surface area (Å²) in [5.41, 5.74) is 1.59. The number of benzene rings is 1. The molecule has 2 N–H and O–H groups in total. The van der Waals surface area contributed by atoms with Crippen LogP contribution in [0.1, 0.15) is 37.8 Å². The molecule has 128 valence electrons. The maximum absolute atomic E-state index is 12.4. The first kappa shape index (κ1) is 21.2. The molecular formula is C15H27ClN2O3S. The molecule has 0 aliphatic heterocycles. The van der Waals surface area contributed by atoms with Gasteiger partial charge in [-0.3, -0.25) is 0 Å². The summed E-state index contributed by atoms with van der Waals surface area (Å²) in [6, 6.07) is 3.50. The lowest BCUT2D eigenvalue weighted by atomic mass is 10.0. The van der Waals surface area contributed by atoms with Crippen LogP contribution in [0.25, 0.3) is 0 Å². The Morgan fingerprint density at radius 3 is 2.36 bits per heavy atom. The molecule has 0 amide bonds. The van der Waals surface area contributed by atoms with Crippen molar-refractivity contribution in [3.8, 4) is 5.75 Å². The van der Waals surface area contributed by atoms with Gasteiger partial charge in [-0.15, -0.1) is 12.4 Å². The second kappa shape index (κ2) is 9.35. The topological polar surface area (TPSA) is 67.4 Å². The Bertz CT molecular complexity index is 574. The lowest BCUT2D eigenvalue weighted by Crippen LogP contribution is -2.32. The van der Waals surface area contributed by atoms with Crippen molar-refractivity contribution in [2.45, 2.75) is 38.5 Å². The zero-order valence-corrected chi connectivity index (χ0v) is 15.5. The van der Waals surface area contributed by atoms with E-state index in [0.717, 1.165) is 17.9 Å². The second-order valence-corrected chi connectivity index (χ2v) is 7.00. The second-order valence-electron chi connectivity index (χ2n) is 5.27. The normalized spacial score (nSPS) is 11.4. The lowest BCUT2D eigenvalue weighted by Gasteiger charge is -2.16. The maximum atomic E-state index is 12.4. The summed E-state index contributed by atoms with van der Waals surface area (Å²) in [6.45, 7) is 9.61. The van der Waals surface area contributed by atoms with Gasteiger partial charge in [-0.1, -0.05) is 20.8 Å². The molecular weight excluding hydrogens is 324 g/mol. The number of halogens is 1. The molecule has 0 heterocycles. The summed E-state index contributed by atoms with van der Waals surface area (Å²) in [6.07, 6.45) is 0. The number of likely N-dealkylation sites (N-methyl/N-ethyl adjacent to an activating group) is 1. The van der Waals surface area contributed by atoms with Crippen molar-refractivity contribution < 1.29 is 13.2 Å². The SMILES string of the molecule is CCNCCNS(=O)(=O)c1cc(C(C)C)c(OC)cc1C.Cl. The number of ether oxygens (including phenoxy) is 1. The van der Waals surface area contributed by atoms with Crippen molar-refractivity contribution in [3.63, 3.8) is 0 Å². The zero-order chi connectivity index (χ0) is 16.0. The summed E-state index contributed by atoms with van der Waals surface area (Å²) in [5, 5.41) is 3.09. The molecule has 0 saturated heterocycles. The van der Waals surface area contributed by atoms with E-state index in [4.69, 9.17) is 4.74 Å². The standard InChI is InChI=1S/C15H26N2O3S.ClH/c1-6-16-7-8-17-21(18,19)15-10-13(11(2)3)14(20-5)9-12(15)4;/h9-11,16-17H,6-8H2,1-5H3;1H. The fraction of sp³-hybridized carbons (Fsp3) is 0.600. The molecule has 5 nitrogen and oxygen atoms in total. The van der Waals surface area contributed by atoms with E-state index in [1.807, 2.05) is 20.8 Å². The van der Waals surface area contributed by atoms with Gasteiger partial charge in [-0.25, -0.2) is 13.1 Å². The van der Waals surface area contributed by atoms with E-state index in [9.17, 15) is 8.42 Å². The number of sulfonamides is 1. The van der Waals surface area contributed by atoms with Crippen LogP contribution in [-0.2, 0) is 10.0 Å². The third-order valence-electron chi connectivity index (χ3n) is 3.28. The monoisotopic (exact) mass is 350 g/mol. The maximum Gasteiger partial charge on any atom is 0.240 e. The first-order valence-electron chi connectivity index (χ1n) is 7.22. The van der Waals surface area contributed by atoms with E-state index in [2.05, 4.69) is 10.0 Å². The van der Waals surface area contributed by atoms with E-state index >= 15 is 0 Å². The fourth-order valence-corrected chi connectivity index (χ4v) is 3.41. The highest BCUT2D eigenvalue weighted by Crippen LogP contribution is 2.31. The molecule has 0 aromatic heterocycles. The van der Waals surface area contributed by atoms with Crippen molar-refractivity contribution in [2.24, 2.45) is 0 Å². The molecule has 0 aliphatic rings. The van der Waals surface area contributed by atoms with Crippen LogP contribution in [0.3, 0.4) is 0 Å². The Labute approximate surface area is 140 Å². The predicted molar refractivity (Wildman–Crippen MR) is 92.8 cm³/mol. The summed E-state index contributed by atoms with van der Waals surface area (Å²) in [5.74, 6) is 0.922. The molecule has 1 rings (SSSR count). The molecule has 0 spiro atoms. The van der Waals surface area contributed by atoms with Gasteiger partial charge in [0, 0.05) is 13.1 Å². The average Bonchev–Trinajstić information content (AvgIpc) is 2.42. The van der Waals surface area contributed by atoms with Gasteiger partial charge >= 0.3 is 0 Å². The summed E-state index contributed by atoms with van der Waals surface area (Å²) in [7, 11) is -1.90. The molecule has 0 saturated carbocycles. The Hall–Kier alpha value is -0.820. The fourth-order valence-electron chi connectivity index (χ4n) is 2.12. The quantitative estimate of drug-likeness (QED) is 0.707. The van der Waals surface area contributed by atoms with Crippen molar-refractivity contribution >= 4 is 22.4 Å². The Morgan fingerprint density at radius 1 is 1.23 bits per heavy atom. The first-order chi connectivity index (χ1) is 9.83. The number of hydrogen-bond donors (Lipinski definition) is 2. The minimum atomic E-state index is -3.50. The summed E-state index contributed by atoms with van der Waals surface area (Å²) in [4.78, 5) is 0.323. The zero-order valence-electron chi connectivity index (χ0n) is 13.9. The van der Waals surface area contributed by atoms with Crippen LogP contribution in [0, 0.1) is 6.92 Å². The van der Waals surface area contributed by atoms with Crippen LogP contribution in [0.4, 0.5) is 0 Å². The summed E-state index contributed by atoms with van der Waals surface area (Å²) >= 11 is 0. The largest absolute Gasteiger partial charge is 0.496 e. The van der Waals surface area contributed by atoms with Gasteiger partial charge in [0.1, 0.15) is 5.75 Å². The number of hydrogen-bond acceptors (Lipinski definition) is 4. The molecule has 0 aliphatic carbocycles. The van der Waals surface area contributed by atoms with Gasteiger partial charge in [0.25, 0.3) is 0 Å². The van der Waals surface area contributed by atoms with Gasteiger partial charge in [0.15, 0.2) is 0 Å². The van der Waals surface area contributed by atoms with E-state index in [0.29, 0.717) is 23.5 Å². The van der Waals surface area contributed by atoms with Gasteiger partial charge in [0.05, 0.1) is 12.0 Å². The van der Waals surface area contributed by atoms with Crippen LogP contribution in [0.5, 0.6) is 5.75 Å². The van der Waals surface area contributed by atoms with E-state index in [1.54, 1.807) is 26.2 Å². The van der Waals surface area contributed by atoms with Crippen LogP contribution >= 0.6 is 12.4 Å². The van der Waals surface area contributed by atoms with Gasteiger partial charge in [-0.2, -0.15) is 0 Å². The smallest absolute Gasteiger partial charge is 0.240 e. The van der Waals surface area contributed by atoms with Crippen LogP contribution in [0.2, 0.25) is 0 Å². The molecule has 0 bridgehead atoms. The van der Waals surface area contributed by atoms with Crippen LogP contribution < -0.4 is 14.8 Å². The molecule has 0 unspecified atom stereocenters. The van der Waals surface area contributed by atoms with Crippen LogP contribution in [-0.4, -0.2) is 35.2 Å². The summed E-state index contributed by atoms with van der Waals surface area (Å²) < 4.78 is 32.8. The molecule has 22 heavy (non-hydrogen) atoms. The molecule has 1 aromatic carbocycles. The highest BCUT2D eigenvalue weighted by atomic mass is 35.5.